The van der Waals surface area contributed by atoms with E-state index < -0.39 is 0 Å². The molecular weight excluding hydrogens is 318 g/mol. The molecule has 0 radical (unpaired) electrons. The fourth-order valence-corrected chi connectivity index (χ4v) is 2.10. The van der Waals surface area contributed by atoms with E-state index >= 15 is 0 Å². The van der Waals surface area contributed by atoms with Crippen molar-refractivity contribution in [2.45, 2.75) is 19.9 Å². The van der Waals surface area contributed by atoms with E-state index in [4.69, 9.17) is 11.6 Å². The van der Waals surface area contributed by atoms with Gasteiger partial charge in [-0.2, -0.15) is 5.10 Å². The van der Waals surface area contributed by atoms with E-state index in [2.05, 4.69) is 26.0 Å². The highest BCUT2D eigenvalue weighted by molar-refractivity contribution is 9.10. The minimum atomic E-state index is -0.00457. The minimum absolute atomic E-state index is 0.00457. The Morgan fingerprint density at radius 1 is 1.50 bits per heavy atom. The van der Waals surface area contributed by atoms with Crippen LogP contribution in [0.1, 0.15) is 23.1 Å². The van der Waals surface area contributed by atoms with Gasteiger partial charge in [0.25, 0.3) is 0 Å². The molecule has 4 nitrogen and oxygen atoms in total. The van der Waals surface area contributed by atoms with Crippen molar-refractivity contribution in [3.8, 4) is 0 Å². The van der Waals surface area contributed by atoms with E-state index in [1.165, 1.54) is 6.33 Å². The Bertz CT molecular complexity index is 582. The van der Waals surface area contributed by atoms with Crippen LogP contribution in [0.5, 0.6) is 0 Å². The van der Waals surface area contributed by atoms with Crippen molar-refractivity contribution in [1.29, 1.82) is 0 Å². The van der Waals surface area contributed by atoms with Crippen LogP contribution in [0.15, 0.2) is 29.0 Å². The zero-order valence-electron chi connectivity index (χ0n) is 9.73. The van der Waals surface area contributed by atoms with Crippen LogP contribution < -0.4 is 0 Å². The Morgan fingerprint density at radius 3 is 2.94 bits per heavy atom. The van der Waals surface area contributed by atoms with Gasteiger partial charge in [0.1, 0.15) is 12.2 Å². The van der Waals surface area contributed by atoms with Gasteiger partial charge in [0.05, 0.1) is 11.4 Å². The Labute approximate surface area is 118 Å². The van der Waals surface area contributed by atoms with E-state index in [1.807, 2.05) is 6.92 Å². The lowest BCUT2D eigenvalue weighted by Crippen LogP contribution is -2.10. The first-order valence-electron chi connectivity index (χ1n) is 5.46. The molecule has 0 saturated heterocycles. The first-order valence-corrected chi connectivity index (χ1v) is 6.64. The van der Waals surface area contributed by atoms with Crippen molar-refractivity contribution < 1.29 is 4.79 Å². The molecule has 18 heavy (non-hydrogen) atoms. The number of aryl methyl sites for hydroxylation is 1. The highest BCUT2D eigenvalue weighted by Gasteiger charge is 2.12. The molecule has 0 fully saturated rings. The third-order valence-electron chi connectivity index (χ3n) is 2.56. The number of ketones is 1. The fourth-order valence-electron chi connectivity index (χ4n) is 1.60. The van der Waals surface area contributed by atoms with Gasteiger partial charge in [-0.25, -0.2) is 9.67 Å². The van der Waals surface area contributed by atoms with Crippen molar-refractivity contribution in [3.63, 3.8) is 0 Å². The number of carbonyl (C=O) groups excluding carboxylic acids is 1. The summed E-state index contributed by atoms with van der Waals surface area (Å²) in [7, 11) is 0. The molecule has 0 unspecified atom stereocenters. The van der Waals surface area contributed by atoms with E-state index in [0.29, 0.717) is 27.4 Å². The van der Waals surface area contributed by atoms with E-state index in [1.54, 1.807) is 22.9 Å². The molecular formula is C12H11BrClN3O. The maximum absolute atomic E-state index is 12.1. The van der Waals surface area contributed by atoms with Crippen LogP contribution in [-0.2, 0) is 13.0 Å². The number of Topliss-reactive ketones (excluding diaryl/α,β-unsaturated/α-hetero) is 1. The number of hydrogen-bond donors (Lipinski definition) is 0. The van der Waals surface area contributed by atoms with Gasteiger partial charge < -0.3 is 0 Å². The third kappa shape index (κ3) is 2.79. The van der Waals surface area contributed by atoms with Crippen LogP contribution in [0.4, 0.5) is 0 Å². The lowest BCUT2D eigenvalue weighted by molar-refractivity contribution is 0.0989. The van der Waals surface area contributed by atoms with Gasteiger partial charge in [-0.1, -0.05) is 11.6 Å². The third-order valence-corrected chi connectivity index (χ3v) is 3.77. The quantitative estimate of drug-likeness (QED) is 0.810. The summed E-state index contributed by atoms with van der Waals surface area (Å²) in [6.45, 7) is 2.66. The molecule has 2 rings (SSSR count). The van der Waals surface area contributed by atoms with Crippen LogP contribution in [0, 0.1) is 0 Å². The molecule has 0 aliphatic heterocycles. The molecule has 0 aliphatic rings. The largest absolute Gasteiger partial charge is 0.294 e. The molecule has 1 aromatic heterocycles. The summed E-state index contributed by atoms with van der Waals surface area (Å²) in [4.78, 5) is 16.2. The van der Waals surface area contributed by atoms with Crippen molar-refractivity contribution >= 4 is 33.3 Å². The Kier molecular flexibility index (Phi) is 4.14. The molecule has 0 spiro atoms. The lowest BCUT2D eigenvalue weighted by atomic mass is 10.1. The number of nitrogens with zero attached hydrogens (tertiary/aromatic N) is 3. The summed E-state index contributed by atoms with van der Waals surface area (Å²) >= 11 is 9.19. The first-order chi connectivity index (χ1) is 8.61. The molecule has 1 heterocycles. The number of rotatable bonds is 4. The monoisotopic (exact) mass is 327 g/mol. The summed E-state index contributed by atoms with van der Waals surface area (Å²) in [6.07, 6.45) is 1.70. The summed E-state index contributed by atoms with van der Waals surface area (Å²) in [5.74, 6) is 0.670. The number of carbonyl (C=O) groups is 1. The number of aromatic nitrogens is 3. The minimum Gasteiger partial charge on any atom is -0.294 e. The van der Waals surface area contributed by atoms with Gasteiger partial charge in [0, 0.05) is 16.6 Å². The van der Waals surface area contributed by atoms with Crippen LogP contribution in [0.2, 0.25) is 5.02 Å². The highest BCUT2D eigenvalue weighted by Crippen LogP contribution is 2.23. The van der Waals surface area contributed by atoms with E-state index in [9.17, 15) is 4.79 Å². The maximum atomic E-state index is 12.1. The highest BCUT2D eigenvalue weighted by atomic mass is 79.9. The smallest absolute Gasteiger partial charge is 0.170 e. The van der Waals surface area contributed by atoms with E-state index in [0.717, 1.165) is 0 Å². The van der Waals surface area contributed by atoms with Gasteiger partial charge in [0.2, 0.25) is 0 Å². The van der Waals surface area contributed by atoms with Gasteiger partial charge >= 0.3 is 0 Å². The van der Waals surface area contributed by atoms with Crippen LogP contribution in [0.3, 0.4) is 0 Å². The SMILES string of the molecule is CCn1ncnc1CC(=O)c1ccc(Cl)c(Br)c1. The van der Waals surface area contributed by atoms with Gasteiger partial charge in [0.15, 0.2) is 5.78 Å². The van der Waals surface area contributed by atoms with Gasteiger partial charge in [-0.3, -0.25) is 4.79 Å². The zero-order valence-corrected chi connectivity index (χ0v) is 12.1. The topological polar surface area (TPSA) is 47.8 Å². The second-order valence-electron chi connectivity index (χ2n) is 3.72. The van der Waals surface area contributed by atoms with Crippen LogP contribution >= 0.6 is 27.5 Å². The second kappa shape index (κ2) is 5.63. The average Bonchev–Trinajstić information content (AvgIpc) is 2.79. The molecule has 94 valence electrons. The Morgan fingerprint density at radius 2 is 2.28 bits per heavy atom. The molecule has 0 atom stereocenters. The molecule has 6 heteroatoms. The molecule has 0 bridgehead atoms. The Hall–Kier alpha value is -1.20. The summed E-state index contributed by atoms with van der Waals surface area (Å²) < 4.78 is 2.43. The number of hydrogen-bond acceptors (Lipinski definition) is 3. The van der Waals surface area contributed by atoms with Crippen LogP contribution in [-0.4, -0.2) is 20.5 Å². The van der Waals surface area contributed by atoms with Crippen molar-refractivity contribution in [1.82, 2.24) is 14.8 Å². The molecule has 0 saturated carbocycles. The van der Waals surface area contributed by atoms with Gasteiger partial charge in [-0.05, 0) is 41.1 Å². The average molecular weight is 329 g/mol. The fraction of sp³-hybridized carbons (Fsp3) is 0.250. The molecule has 0 N–H and O–H groups in total. The Balaban J connectivity index is 2.19. The standard InChI is InChI=1S/C12H11BrClN3O/c1-2-17-12(15-7-16-17)6-11(18)8-3-4-10(14)9(13)5-8/h3-5,7H,2,6H2,1H3. The predicted molar refractivity (Wildman–Crippen MR) is 72.9 cm³/mol. The lowest BCUT2D eigenvalue weighted by Gasteiger charge is -2.04. The van der Waals surface area contributed by atoms with Crippen molar-refractivity contribution in [2.75, 3.05) is 0 Å². The summed E-state index contributed by atoms with van der Waals surface area (Å²) in [5, 5.41) is 4.62. The maximum Gasteiger partial charge on any atom is 0.170 e. The van der Waals surface area contributed by atoms with Crippen molar-refractivity contribution in [3.05, 3.63) is 45.4 Å². The van der Waals surface area contributed by atoms with Crippen LogP contribution in [0.25, 0.3) is 0 Å². The number of halogens is 2. The van der Waals surface area contributed by atoms with Crippen molar-refractivity contribution in [2.24, 2.45) is 0 Å². The summed E-state index contributed by atoms with van der Waals surface area (Å²) in [5.41, 5.74) is 0.608. The molecule has 2 aromatic rings. The predicted octanol–water partition coefficient (Wildman–Crippen LogP) is 3.14. The zero-order chi connectivity index (χ0) is 13.1. The summed E-state index contributed by atoms with van der Waals surface area (Å²) in [6, 6.07) is 5.13. The number of benzene rings is 1. The molecule has 1 aromatic carbocycles. The first kappa shape index (κ1) is 13.2. The second-order valence-corrected chi connectivity index (χ2v) is 4.98. The van der Waals surface area contributed by atoms with E-state index in [-0.39, 0.29) is 12.2 Å². The van der Waals surface area contributed by atoms with Gasteiger partial charge in [-0.15, -0.1) is 0 Å². The molecule has 0 aliphatic carbocycles. The normalized spacial score (nSPS) is 10.6. The molecule has 0 amide bonds.